The van der Waals surface area contributed by atoms with Crippen LogP contribution in [0.2, 0.25) is 0 Å². The van der Waals surface area contributed by atoms with Gasteiger partial charge in [0.15, 0.2) is 0 Å². The van der Waals surface area contributed by atoms with Crippen LogP contribution in [0.3, 0.4) is 0 Å². The molecule has 0 N–H and O–H groups in total. The quantitative estimate of drug-likeness (QED) is 0.399. The van der Waals surface area contributed by atoms with E-state index in [9.17, 15) is 0 Å². The summed E-state index contributed by atoms with van der Waals surface area (Å²) in [5.41, 5.74) is 5.84. The van der Waals surface area contributed by atoms with Crippen LogP contribution in [0, 0.1) is 34.5 Å². The molecule has 2 saturated carbocycles. The van der Waals surface area contributed by atoms with Gasteiger partial charge in [0.2, 0.25) is 0 Å². The largest absolute Gasteiger partial charge is 0.0622 e. The second-order valence-corrected chi connectivity index (χ2v) is 10.5. The van der Waals surface area contributed by atoms with E-state index in [0.29, 0.717) is 0 Å². The highest BCUT2D eigenvalue weighted by molar-refractivity contribution is 5.52. The molecule has 2 aliphatic rings. The zero-order chi connectivity index (χ0) is 22.3. The molecule has 0 nitrogen and oxygen atoms in total. The van der Waals surface area contributed by atoms with Crippen molar-refractivity contribution >= 4 is 0 Å². The summed E-state index contributed by atoms with van der Waals surface area (Å²) < 4.78 is 0. The minimum absolute atomic E-state index is 0.108. The maximum Gasteiger partial charge on any atom is 0.0115 e. The van der Waals surface area contributed by atoms with E-state index in [2.05, 4.69) is 113 Å². The van der Waals surface area contributed by atoms with Gasteiger partial charge >= 0.3 is 0 Å². The van der Waals surface area contributed by atoms with Gasteiger partial charge in [0.05, 0.1) is 0 Å². The first kappa shape index (κ1) is 21.5. The molecule has 2 aliphatic carbocycles. The predicted octanol–water partition coefficient (Wildman–Crippen LogP) is 8.42. The maximum atomic E-state index is 2.40. The second-order valence-electron chi connectivity index (χ2n) is 10.5. The molecule has 5 rings (SSSR count). The summed E-state index contributed by atoms with van der Waals surface area (Å²) in [5, 5.41) is 0. The Morgan fingerprint density at radius 1 is 0.375 bits per heavy atom. The van der Waals surface area contributed by atoms with Gasteiger partial charge in [0.25, 0.3) is 0 Å². The minimum Gasteiger partial charge on any atom is -0.0622 e. The van der Waals surface area contributed by atoms with Crippen LogP contribution in [0.5, 0.6) is 0 Å². The van der Waals surface area contributed by atoms with E-state index in [1.54, 1.807) is 23.7 Å². The zero-order valence-corrected chi connectivity index (χ0v) is 19.9. The Morgan fingerprint density at radius 2 is 0.625 bits per heavy atom. The lowest BCUT2D eigenvalue weighted by molar-refractivity contribution is 0.470. The third kappa shape index (κ3) is 3.62. The Bertz CT molecular complexity index is 940. The summed E-state index contributed by atoms with van der Waals surface area (Å²) >= 11 is 0. The van der Waals surface area contributed by atoms with Gasteiger partial charge in [0.1, 0.15) is 0 Å². The van der Waals surface area contributed by atoms with Crippen LogP contribution in [0.15, 0.2) is 84.9 Å². The Balaban J connectivity index is 1.36. The van der Waals surface area contributed by atoms with Gasteiger partial charge in [-0.3, -0.25) is 0 Å². The van der Waals surface area contributed by atoms with Crippen molar-refractivity contribution in [1.29, 1.82) is 0 Å². The molecule has 0 amide bonds. The standard InChI is InChI=1S/C32H34/c1-31(2)27(23-11-7-5-8-12-23)19-21-29(31)25-15-17-26(18-16-25)30-22-20-28(32(30,3)4)24-13-9-6-10-14-24/h5-18H,19-22H2,1-4H3. The molecule has 0 bridgehead atoms. The average Bonchev–Trinajstić information content (AvgIpc) is 3.29. The molecule has 0 unspecified atom stereocenters. The van der Waals surface area contributed by atoms with Crippen LogP contribution >= 0.6 is 0 Å². The molecule has 0 heterocycles. The van der Waals surface area contributed by atoms with Gasteiger partial charge in [0, 0.05) is 23.7 Å². The van der Waals surface area contributed by atoms with E-state index in [0.717, 1.165) is 25.7 Å². The van der Waals surface area contributed by atoms with Gasteiger partial charge in [-0.25, -0.2) is 0 Å². The van der Waals surface area contributed by atoms with E-state index < -0.39 is 0 Å². The van der Waals surface area contributed by atoms with Gasteiger partial charge in [-0.05, 0) is 58.8 Å². The Morgan fingerprint density at radius 3 is 0.906 bits per heavy atom. The molecule has 0 aromatic heterocycles. The first-order chi connectivity index (χ1) is 15.4. The van der Waals surface area contributed by atoms with Gasteiger partial charge in [-0.2, -0.15) is 0 Å². The molecule has 2 fully saturated rings. The normalized spacial score (nSPS) is 21.9. The molecule has 4 radical (unpaired) electrons. The average molecular weight is 419 g/mol. The monoisotopic (exact) mass is 418 g/mol. The molecule has 162 valence electrons. The summed E-state index contributed by atoms with van der Waals surface area (Å²) in [6, 6.07) is 31.4. The fourth-order valence-corrected chi connectivity index (χ4v) is 6.29. The van der Waals surface area contributed by atoms with Crippen molar-refractivity contribution in [3.8, 4) is 0 Å². The van der Waals surface area contributed by atoms with Crippen molar-refractivity contribution in [2.75, 3.05) is 0 Å². The second kappa shape index (κ2) is 8.22. The number of hydrogen-bond donors (Lipinski definition) is 0. The summed E-state index contributed by atoms with van der Waals surface area (Å²) in [6.45, 7) is 9.62. The minimum atomic E-state index is 0.108. The molecule has 0 saturated heterocycles. The van der Waals surface area contributed by atoms with Crippen molar-refractivity contribution in [2.45, 2.75) is 53.4 Å². The van der Waals surface area contributed by atoms with E-state index in [-0.39, 0.29) is 10.8 Å². The highest BCUT2D eigenvalue weighted by atomic mass is 14.5. The highest BCUT2D eigenvalue weighted by Crippen LogP contribution is 2.57. The fourth-order valence-electron chi connectivity index (χ4n) is 6.29. The van der Waals surface area contributed by atoms with Crippen molar-refractivity contribution < 1.29 is 0 Å². The zero-order valence-electron chi connectivity index (χ0n) is 19.9. The van der Waals surface area contributed by atoms with E-state index >= 15 is 0 Å². The maximum absolute atomic E-state index is 2.40. The Hall–Kier alpha value is -2.34. The number of hydrogen-bond acceptors (Lipinski definition) is 0. The molecule has 0 heteroatoms. The first-order valence-corrected chi connectivity index (χ1v) is 12.1. The number of rotatable bonds is 4. The smallest absolute Gasteiger partial charge is 0.0115 e. The number of benzene rings is 3. The fraction of sp³-hybridized carbons (Fsp3) is 0.312. The summed E-state index contributed by atoms with van der Waals surface area (Å²) in [6.07, 6.45) is 4.64. The lowest BCUT2D eigenvalue weighted by Gasteiger charge is -2.34. The Kier molecular flexibility index (Phi) is 5.52. The lowest BCUT2D eigenvalue weighted by Crippen LogP contribution is -2.25. The third-order valence-corrected chi connectivity index (χ3v) is 8.09. The van der Waals surface area contributed by atoms with Crippen molar-refractivity contribution in [3.05, 3.63) is 131 Å². The van der Waals surface area contributed by atoms with Crippen LogP contribution < -0.4 is 0 Å². The van der Waals surface area contributed by atoms with E-state index in [4.69, 9.17) is 0 Å². The van der Waals surface area contributed by atoms with Gasteiger partial charge < -0.3 is 0 Å². The molecule has 0 atom stereocenters. The summed E-state index contributed by atoms with van der Waals surface area (Å²) in [5.74, 6) is 6.31. The topological polar surface area (TPSA) is 0 Å². The van der Waals surface area contributed by atoms with Gasteiger partial charge in [-0.15, -0.1) is 0 Å². The Labute approximate surface area is 195 Å². The molecule has 0 aliphatic heterocycles. The first-order valence-electron chi connectivity index (χ1n) is 12.1. The summed E-state index contributed by atoms with van der Waals surface area (Å²) in [4.78, 5) is 0. The predicted molar refractivity (Wildman–Crippen MR) is 135 cm³/mol. The van der Waals surface area contributed by atoms with E-state index in [1.165, 1.54) is 22.3 Å². The SMILES string of the molecule is CC1(C)[C](c2ccccc2)CC[C]1c1ccc([C]2CC[C](c3ccccc3)C2(C)C)cc1. The molecule has 32 heavy (non-hydrogen) atoms. The lowest BCUT2D eigenvalue weighted by atomic mass is 9.69. The van der Waals surface area contributed by atoms with Crippen LogP contribution in [-0.4, -0.2) is 0 Å². The molecule has 3 aromatic rings. The van der Waals surface area contributed by atoms with Crippen LogP contribution in [0.1, 0.15) is 75.6 Å². The van der Waals surface area contributed by atoms with E-state index in [1.807, 2.05) is 0 Å². The third-order valence-electron chi connectivity index (χ3n) is 8.09. The van der Waals surface area contributed by atoms with Crippen LogP contribution in [0.4, 0.5) is 0 Å². The molecular weight excluding hydrogens is 384 g/mol. The van der Waals surface area contributed by atoms with Gasteiger partial charge in [-0.1, -0.05) is 113 Å². The van der Waals surface area contributed by atoms with Crippen molar-refractivity contribution in [1.82, 2.24) is 0 Å². The van der Waals surface area contributed by atoms with Crippen molar-refractivity contribution in [2.24, 2.45) is 10.8 Å². The molecule has 0 spiro atoms. The van der Waals surface area contributed by atoms with Crippen molar-refractivity contribution in [3.63, 3.8) is 0 Å². The molecular formula is C32H34. The molecule has 3 aromatic carbocycles. The summed E-state index contributed by atoms with van der Waals surface area (Å²) in [7, 11) is 0. The van der Waals surface area contributed by atoms with Crippen LogP contribution in [0.25, 0.3) is 0 Å². The highest BCUT2D eigenvalue weighted by Gasteiger charge is 2.47. The van der Waals surface area contributed by atoms with Crippen LogP contribution in [-0.2, 0) is 0 Å².